The molecule has 0 saturated heterocycles. The van der Waals surface area contributed by atoms with Gasteiger partial charge in [-0.2, -0.15) is 0 Å². The second-order valence-corrected chi connectivity index (χ2v) is 8.73. The fraction of sp³-hybridized carbons (Fsp3) is 0. The van der Waals surface area contributed by atoms with Crippen LogP contribution in [-0.2, 0) is 0 Å². The number of fused-ring (bicyclic) bond motifs is 6. The fourth-order valence-electron chi connectivity index (χ4n) is 4.38. The summed E-state index contributed by atoms with van der Waals surface area (Å²) in [5.74, 6) is 0. The van der Waals surface area contributed by atoms with Crippen molar-refractivity contribution in [2.24, 2.45) is 0 Å². The second kappa shape index (κ2) is 6.70. The van der Waals surface area contributed by atoms with Crippen molar-refractivity contribution >= 4 is 48.6 Å². The van der Waals surface area contributed by atoms with Crippen molar-refractivity contribution in [1.82, 2.24) is 19.4 Å². The lowest BCUT2D eigenvalue weighted by atomic mass is 10.0. The number of nitrogens with zero attached hydrogens (tertiary/aromatic N) is 4. The van der Waals surface area contributed by atoms with Gasteiger partial charge in [0.05, 0.1) is 43.7 Å². The molecule has 32 heavy (non-hydrogen) atoms. The van der Waals surface area contributed by atoms with E-state index in [0.717, 1.165) is 55.1 Å². The third-order valence-electron chi connectivity index (χ3n) is 5.83. The maximum Gasteiger partial charge on any atom is 0.195 e. The molecule has 0 saturated carbocycles. The van der Waals surface area contributed by atoms with E-state index in [0.29, 0.717) is 0 Å². The molecule has 0 aliphatic heterocycles. The summed E-state index contributed by atoms with van der Waals surface area (Å²) < 4.78 is 3.41. The highest BCUT2D eigenvalue weighted by Gasteiger charge is 2.19. The molecule has 3 aromatic heterocycles. The van der Waals surface area contributed by atoms with E-state index in [1.165, 1.54) is 4.70 Å². The van der Waals surface area contributed by atoms with Gasteiger partial charge < -0.3 is 0 Å². The third-order valence-corrected chi connectivity index (χ3v) is 6.92. The van der Waals surface area contributed by atoms with E-state index in [4.69, 9.17) is 15.0 Å². The molecule has 4 nitrogen and oxygen atoms in total. The minimum atomic E-state index is 0.894. The summed E-state index contributed by atoms with van der Waals surface area (Å²) in [6, 6.07) is 33.0. The molecule has 3 heterocycles. The Labute approximate surface area is 187 Å². The van der Waals surface area contributed by atoms with Gasteiger partial charge in [0.25, 0.3) is 0 Å². The quantitative estimate of drug-likeness (QED) is 0.298. The van der Waals surface area contributed by atoms with Crippen molar-refractivity contribution in [1.29, 1.82) is 0 Å². The Balaban J connectivity index is 1.59. The summed E-state index contributed by atoms with van der Waals surface area (Å²) in [5, 5.41) is 0. The molecule has 0 spiro atoms. The van der Waals surface area contributed by atoms with Crippen LogP contribution in [0.5, 0.6) is 0 Å². The highest BCUT2D eigenvalue weighted by Crippen LogP contribution is 2.39. The first-order valence-corrected chi connectivity index (χ1v) is 11.3. The van der Waals surface area contributed by atoms with E-state index in [2.05, 4.69) is 52.9 Å². The summed E-state index contributed by atoms with van der Waals surface area (Å²) in [6.07, 6.45) is 0. The zero-order valence-corrected chi connectivity index (χ0v) is 17.8. The number of hydrogen-bond acceptors (Lipinski definition) is 4. The number of hydrogen-bond donors (Lipinski definition) is 0. The van der Waals surface area contributed by atoms with E-state index < -0.39 is 0 Å². The molecule has 0 aliphatic carbocycles. The standard InChI is InChI=1S/C27H16N4S/c1-2-9-17(10-3-1)24-25(29-20-13-5-4-12-19(20)28-24)18-11-8-16-23-26(18)32-27-30-21-14-6-7-15-22(21)31(23)27/h1-16H. The summed E-state index contributed by atoms with van der Waals surface area (Å²) in [5.41, 5.74) is 9.01. The largest absolute Gasteiger partial charge is 0.283 e. The normalized spacial score (nSPS) is 11.8. The predicted octanol–water partition coefficient (Wildman–Crippen LogP) is 6.98. The molecule has 0 fully saturated rings. The monoisotopic (exact) mass is 428 g/mol. The molecule has 0 radical (unpaired) electrons. The van der Waals surface area contributed by atoms with Crippen LogP contribution >= 0.6 is 11.3 Å². The zero-order valence-electron chi connectivity index (χ0n) is 16.9. The van der Waals surface area contributed by atoms with Crippen LogP contribution in [0.4, 0.5) is 0 Å². The van der Waals surface area contributed by atoms with Crippen molar-refractivity contribution in [3.63, 3.8) is 0 Å². The van der Waals surface area contributed by atoms with E-state index in [-0.39, 0.29) is 0 Å². The number of benzene rings is 4. The maximum absolute atomic E-state index is 5.10. The third kappa shape index (κ3) is 2.52. The Hall–Kier alpha value is -4.09. The van der Waals surface area contributed by atoms with Gasteiger partial charge in [-0.05, 0) is 30.3 Å². The SMILES string of the molecule is c1ccc(-c2nc3ccccc3nc2-c2cccc3c2sc2nc4ccccc4n23)cc1. The second-order valence-electron chi connectivity index (χ2n) is 7.75. The highest BCUT2D eigenvalue weighted by molar-refractivity contribution is 7.24. The zero-order chi connectivity index (χ0) is 21.1. The first kappa shape index (κ1) is 17.6. The van der Waals surface area contributed by atoms with Crippen LogP contribution in [0.2, 0.25) is 0 Å². The van der Waals surface area contributed by atoms with Crippen molar-refractivity contribution in [2.45, 2.75) is 0 Å². The minimum absolute atomic E-state index is 0.894. The minimum Gasteiger partial charge on any atom is -0.283 e. The van der Waals surface area contributed by atoms with E-state index >= 15 is 0 Å². The number of para-hydroxylation sites is 4. The van der Waals surface area contributed by atoms with E-state index in [9.17, 15) is 0 Å². The van der Waals surface area contributed by atoms with Gasteiger partial charge in [-0.1, -0.05) is 78.1 Å². The molecule has 0 amide bonds. The maximum atomic E-state index is 5.10. The predicted molar refractivity (Wildman–Crippen MR) is 132 cm³/mol. The molecule has 0 atom stereocenters. The average molecular weight is 429 g/mol. The van der Waals surface area contributed by atoms with Gasteiger partial charge in [0, 0.05) is 11.1 Å². The van der Waals surface area contributed by atoms with Gasteiger partial charge in [0.15, 0.2) is 4.96 Å². The van der Waals surface area contributed by atoms with Gasteiger partial charge in [0.1, 0.15) is 0 Å². The highest BCUT2D eigenvalue weighted by atomic mass is 32.1. The van der Waals surface area contributed by atoms with E-state index in [1.807, 2.05) is 48.5 Å². The van der Waals surface area contributed by atoms with Crippen molar-refractivity contribution in [3.8, 4) is 22.5 Å². The van der Waals surface area contributed by atoms with Crippen LogP contribution in [0.3, 0.4) is 0 Å². The van der Waals surface area contributed by atoms with Gasteiger partial charge in [-0.3, -0.25) is 4.40 Å². The Morgan fingerprint density at radius 2 is 1.19 bits per heavy atom. The number of thiazole rings is 1. The Morgan fingerprint density at radius 3 is 2.00 bits per heavy atom. The summed E-state index contributed by atoms with van der Waals surface area (Å²) in [7, 11) is 0. The average Bonchev–Trinajstić information content (AvgIpc) is 3.40. The Kier molecular flexibility index (Phi) is 3.68. The van der Waals surface area contributed by atoms with E-state index in [1.54, 1.807) is 11.3 Å². The molecule has 0 unspecified atom stereocenters. The van der Waals surface area contributed by atoms with Crippen LogP contribution in [0.1, 0.15) is 0 Å². The van der Waals surface area contributed by atoms with Crippen LogP contribution < -0.4 is 0 Å². The van der Waals surface area contributed by atoms with Crippen LogP contribution in [0.25, 0.3) is 59.8 Å². The first-order valence-electron chi connectivity index (χ1n) is 10.5. The van der Waals surface area contributed by atoms with Gasteiger partial charge in [-0.25, -0.2) is 15.0 Å². The lowest BCUT2D eigenvalue weighted by Crippen LogP contribution is -1.95. The van der Waals surface area contributed by atoms with Gasteiger partial charge >= 0.3 is 0 Å². The molecule has 7 rings (SSSR count). The van der Waals surface area contributed by atoms with Crippen LogP contribution in [0, 0.1) is 0 Å². The number of imidazole rings is 1. The van der Waals surface area contributed by atoms with Crippen molar-refractivity contribution < 1.29 is 0 Å². The van der Waals surface area contributed by atoms with Crippen molar-refractivity contribution in [3.05, 3.63) is 97.1 Å². The lowest BCUT2D eigenvalue weighted by molar-refractivity contribution is 1.29. The summed E-state index contributed by atoms with van der Waals surface area (Å²) in [4.78, 5) is 16.0. The molecule has 5 heteroatoms. The molecular weight excluding hydrogens is 412 g/mol. The van der Waals surface area contributed by atoms with Crippen LogP contribution in [-0.4, -0.2) is 19.4 Å². The van der Waals surface area contributed by atoms with Gasteiger partial charge in [-0.15, -0.1) is 0 Å². The molecule has 7 aromatic rings. The van der Waals surface area contributed by atoms with Gasteiger partial charge in [0.2, 0.25) is 0 Å². The molecule has 0 bridgehead atoms. The number of rotatable bonds is 2. The summed E-state index contributed by atoms with van der Waals surface area (Å²) in [6.45, 7) is 0. The van der Waals surface area contributed by atoms with Crippen molar-refractivity contribution in [2.75, 3.05) is 0 Å². The smallest absolute Gasteiger partial charge is 0.195 e. The topological polar surface area (TPSA) is 43.1 Å². The molecule has 150 valence electrons. The molecular formula is C27H16N4S. The molecule has 0 aliphatic rings. The molecule has 4 aromatic carbocycles. The Morgan fingerprint density at radius 1 is 0.531 bits per heavy atom. The number of aromatic nitrogens is 4. The van der Waals surface area contributed by atoms with Crippen LogP contribution in [0.15, 0.2) is 97.1 Å². The molecule has 0 N–H and O–H groups in total. The first-order chi connectivity index (χ1) is 15.9. The Bertz CT molecular complexity index is 1780. The fourth-order valence-corrected chi connectivity index (χ4v) is 5.53. The lowest BCUT2D eigenvalue weighted by Gasteiger charge is -2.11. The summed E-state index contributed by atoms with van der Waals surface area (Å²) >= 11 is 1.70.